The van der Waals surface area contributed by atoms with Crippen molar-refractivity contribution in [2.45, 2.75) is 50.5 Å². The maximum Gasteiger partial charge on any atom is 0.137 e. The van der Waals surface area contributed by atoms with Crippen LogP contribution in [0.3, 0.4) is 0 Å². The van der Waals surface area contributed by atoms with E-state index in [9.17, 15) is 4.79 Å². The van der Waals surface area contributed by atoms with Crippen LogP contribution in [0.4, 0.5) is 0 Å². The molecule has 2 saturated carbocycles. The Bertz CT molecular complexity index is 289. The molecule has 0 aromatic rings. The van der Waals surface area contributed by atoms with Crippen LogP contribution in [0.15, 0.2) is 0 Å². The number of carbonyl (C=O) groups excluding carboxylic acids is 1. The highest BCUT2D eigenvalue weighted by Crippen LogP contribution is 2.51. The summed E-state index contributed by atoms with van der Waals surface area (Å²) in [6.07, 6.45) is 5.73. The van der Waals surface area contributed by atoms with Gasteiger partial charge < -0.3 is 4.74 Å². The summed E-state index contributed by atoms with van der Waals surface area (Å²) in [5, 5.41) is 0. The number of hydrogen-bond donors (Lipinski definition) is 0. The van der Waals surface area contributed by atoms with Crippen LogP contribution in [0.1, 0.15) is 32.6 Å². The molecule has 7 atom stereocenters. The summed E-state index contributed by atoms with van der Waals surface area (Å²) < 4.78 is 5.69. The van der Waals surface area contributed by atoms with Crippen LogP contribution in [0.5, 0.6) is 0 Å². The fourth-order valence-corrected chi connectivity index (χ4v) is 4.12. The number of fused-ring (bicyclic) bond motifs is 1. The van der Waals surface area contributed by atoms with E-state index in [0.717, 1.165) is 6.42 Å². The monoisotopic (exact) mass is 226 g/mol. The molecule has 15 heavy (non-hydrogen) atoms. The molecule has 0 radical (unpaired) electrons. The molecule has 0 bridgehead atoms. The standard InChI is InChI=1S/C12H19O2P/c1-6(15)11-8(5-9(11)13)7-3-2-4-10-12(7)14-10/h6-8,10-12H,2-5,15H2,1H3/t6-,7?,8-,10-,11-,12+/m1/s1. The molecule has 3 heteroatoms. The van der Waals surface area contributed by atoms with E-state index in [1.807, 2.05) is 0 Å². The van der Waals surface area contributed by atoms with E-state index in [4.69, 9.17) is 4.74 Å². The summed E-state index contributed by atoms with van der Waals surface area (Å²) in [6.45, 7) is 2.15. The van der Waals surface area contributed by atoms with E-state index in [2.05, 4.69) is 16.2 Å². The zero-order valence-corrected chi connectivity index (χ0v) is 10.3. The van der Waals surface area contributed by atoms with Crippen molar-refractivity contribution in [2.24, 2.45) is 17.8 Å². The summed E-state index contributed by atoms with van der Waals surface area (Å²) in [7, 11) is 2.80. The van der Waals surface area contributed by atoms with E-state index in [0.29, 0.717) is 41.4 Å². The van der Waals surface area contributed by atoms with E-state index in [1.165, 1.54) is 19.3 Å². The first-order valence-corrected chi connectivity index (χ1v) is 6.79. The van der Waals surface area contributed by atoms with Crippen LogP contribution in [-0.2, 0) is 9.53 Å². The highest BCUT2D eigenvalue weighted by atomic mass is 31.0. The van der Waals surface area contributed by atoms with E-state index < -0.39 is 0 Å². The molecule has 3 fully saturated rings. The Labute approximate surface area is 93.3 Å². The van der Waals surface area contributed by atoms with Gasteiger partial charge in [0.05, 0.1) is 12.2 Å². The molecule has 0 aromatic heterocycles. The molecule has 1 saturated heterocycles. The molecular formula is C12H19O2P. The van der Waals surface area contributed by atoms with Gasteiger partial charge in [-0.15, -0.1) is 9.24 Å². The van der Waals surface area contributed by atoms with Gasteiger partial charge in [0.15, 0.2) is 0 Å². The lowest BCUT2D eigenvalue weighted by Gasteiger charge is -2.43. The summed E-state index contributed by atoms with van der Waals surface area (Å²) in [5.41, 5.74) is 0.440. The highest BCUT2D eigenvalue weighted by molar-refractivity contribution is 7.17. The second-order valence-electron chi connectivity index (χ2n) is 5.45. The van der Waals surface area contributed by atoms with Gasteiger partial charge in [-0.05, 0) is 30.3 Å². The number of rotatable bonds is 2. The smallest absolute Gasteiger partial charge is 0.137 e. The maximum atomic E-state index is 11.6. The molecule has 3 rings (SSSR count). The van der Waals surface area contributed by atoms with Gasteiger partial charge in [0.2, 0.25) is 0 Å². The fourth-order valence-electron chi connectivity index (χ4n) is 3.62. The minimum Gasteiger partial charge on any atom is -0.369 e. The number of Topliss-reactive ketones (excluding diaryl/α,β-unsaturated/α-hetero) is 1. The Balaban J connectivity index is 1.69. The first-order valence-electron chi connectivity index (χ1n) is 6.12. The second-order valence-corrected chi connectivity index (χ2v) is 6.50. The summed E-state index contributed by atoms with van der Waals surface area (Å²) >= 11 is 0. The SMILES string of the molecule is C[C@@H](P)[C@H]1C(=O)C[C@@H]1C1CCC[C@H]2O[C@@H]12. The second kappa shape index (κ2) is 3.53. The first-order chi connectivity index (χ1) is 7.18. The lowest BCUT2D eigenvalue weighted by atomic mass is 9.61. The predicted molar refractivity (Wildman–Crippen MR) is 61.8 cm³/mol. The molecule has 2 aliphatic carbocycles. The van der Waals surface area contributed by atoms with Crippen molar-refractivity contribution in [3.8, 4) is 0 Å². The van der Waals surface area contributed by atoms with Crippen molar-refractivity contribution in [1.29, 1.82) is 0 Å². The molecule has 2 unspecified atom stereocenters. The summed E-state index contributed by atoms with van der Waals surface area (Å²) in [5.74, 6) is 2.10. The normalized spacial score (nSPS) is 50.5. The molecule has 84 valence electrons. The number of ether oxygens (including phenoxy) is 1. The Morgan fingerprint density at radius 2 is 2.20 bits per heavy atom. The van der Waals surface area contributed by atoms with Crippen molar-refractivity contribution in [3.63, 3.8) is 0 Å². The molecule has 0 spiro atoms. The number of epoxide rings is 1. The largest absolute Gasteiger partial charge is 0.369 e. The molecule has 1 aliphatic heterocycles. The van der Waals surface area contributed by atoms with Gasteiger partial charge in [0.1, 0.15) is 5.78 Å². The van der Waals surface area contributed by atoms with Gasteiger partial charge in [0.25, 0.3) is 0 Å². The molecule has 3 aliphatic rings. The molecular weight excluding hydrogens is 207 g/mol. The van der Waals surface area contributed by atoms with Crippen LogP contribution in [0, 0.1) is 17.8 Å². The van der Waals surface area contributed by atoms with E-state index >= 15 is 0 Å². The number of carbonyl (C=O) groups is 1. The van der Waals surface area contributed by atoms with Gasteiger partial charge >= 0.3 is 0 Å². The van der Waals surface area contributed by atoms with Crippen molar-refractivity contribution >= 4 is 15.0 Å². The third-order valence-corrected chi connectivity index (χ3v) is 4.87. The molecule has 2 nitrogen and oxygen atoms in total. The average Bonchev–Trinajstić information content (AvgIpc) is 2.90. The Hall–Kier alpha value is 0.0600. The van der Waals surface area contributed by atoms with Gasteiger partial charge in [-0.2, -0.15) is 0 Å². The molecule has 0 N–H and O–H groups in total. The lowest BCUT2D eigenvalue weighted by molar-refractivity contribution is -0.137. The maximum absolute atomic E-state index is 11.6. The van der Waals surface area contributed by atoms with Crippen LogP contribution in [-0.4, -0.2) is 23.7 Å². The molecule has 1 heterocycles. The summed E-state index contributed by atoms with van der Waals surface area (Å²) in [4.78, 5) is 11.6. The number of hydrogen-bond acceptors (Lipinski definition) is 2. The Morgan fingerprint density at radius 3 is 2.87 bits per heavy atom. The van der Waals surface area contributed by atoms with Gasteiger partial charge in [-0.25, -0.2) is 0 Å². The minimum absolute atomic E-state index is 0.308. The third-order valence-electron chi connectivity index (χ3n) is 4.46. The fraction of sp³-hybridized carbons (Fsp3) is 0.917. The van der Waals surface area contributed by atoms with Crippen molar-refractivity contribution in [3.05, 3.63) is 0 Å². The topological polar surface area (TPSA) is 29.6 Å². The molecule has 0 aromatic carbocycles. The van der Waals surface area contributed by atoms with Crippen LogP contribution >= 0.6 is 9.24 Å². The number of ketones is 1. The zero-order valence-electron chi connectivity index (χ0n) is 9.19. The average molecular weight is 226 g/mol. The molecule has 0 amide bonds. The predicted octanol–water partition coefficient (Wildman–Crippen LogP) is 2.02. The van der Waals surface area contributed by atoms with E-state index in [-0.39, 0.29) is 0 Å². The van der Waals surface area contributed by atoms with Crippen molar-refractivity contribution < 1.29 is 9.53 Å². The highest BCUT2D eigenvalue weighted by Gasteiger charge is 2.55. The van der Waals surface area contributed by atoms with Crippen molar-refractivity contribution in [2.75, 3.05) is 0 Å². The zero-order chi connectivity index (χ0) is 10.6. The minimum atomic E-state index is 0.308. The van der Waals surface area contributed by atoms with Crippen LogP contribution < -0.4 is 0 Å². The quantitative estimate of drug-likeness (QED) is 0.532. The lowest BCUT2D eigenvalue weighted by Crippen LogP contribution is -2.47. The van der Waals surface area contributed by atoms with Crippen molar-refractivity contribution in [1.82, 2.24) is 0 Å². The van der Waals surface area contributed by atoms with Gasteiger partial charge in [0, 0.05) is 12.3 Å². The summed E-state index contributed by atoms with van der Waals surface area (Å²) in [6, 6.07) is 0. The van der Waals surface area contributed by atoms with E-state index in [1.54, 1.807) is 0 Å². The third kappa shape index (κ3) is 1.57. The van der Waals surface area contributed by atoms with Crippen LogP contribution in [0.25, 0.3) is 0 Å². The van der Waals surface area contributed by atoms with Crippen LogP contribution in [0.2, 0.25) is 0 Å². The van der Waals surface area contributed by atoms with Gasteiger partial charge in [-0.1, -0.05) is 13.3 Å². The Morgan fingerprint density at radius 1 is 1.40 bits per heavy atom. The Kier molecular flexibility index (Phi) is 2.41. The van der Waals surface area contributed by atoms with Gasteiger partial charge in [-0.3, -0.25) is 4.79 Å². The first kappa shape index (κ1) is 10.2.